The maximum Gasteiger partial charge on any atom is 0.335 e. The molecule has 4 nitrogen and oxygen atoms in total. The Morgan fingerprint density at radius 1 is 1.15 bits per heavy atom. The summed E-state index contributed by atoms with van der Waals surface area (Å²) >= 11 is 0. The fraction of sp³-hybridized carbons (Fsp3) is 0.476. The molecule has 5 heteroatoms. The molecule has 2 atom stereocenters. The average molecular weight is 359 g/mol. The number of aliphatic hydroxyl groups excluding tert-OH is 1. The number of nitrogens with zero attached hydrogens (tertiary/aromatic N) is 1. The van der Waals surface area contributed by atoms with Gasteiger partial charge < -0.3 is 14.4 Å². The van der Waals surface area contributed by atoms with Crippen LogP contribution in [0.15, 0.2) is 36.4 Å². The fourth-order valence-electron chi connectivity index (χ4n) is 3.48. The maximum absolute atomic E-state index is 13.3. The molecule has 0 unspecified atom stereocenters. The number of halogens is 1. The number of rotatable bonds is 4. The molecule has 0 bridgehead atoms. The van der Waals surface area contributed by atoms with E-state index in [2.05, 4.69) is 37.5 Å². The summed E-state index contributed by atoms with van der Waals surface area (Å²) in [6.07, 6.45) is 0.640. The molecule has 1 aliphatic rings. The number of esters is 1. The third kappa shape index (κ3) is 3.98. The van der Waals surface area contributed by atoms with Crippen LogP contribution in [0, 0.1) is 5.82 Å². The number of aliphatic hydroxyl groups is 1. The van der Waals surface area contributed by atoms with Crippen LogP contribution >= 0.6 is 0 Å². The molecule has 0 aliphatic carbocycles. The number of ether oxygens (including phenoxy) is 1. The molecule has 0 radical (unpaired) electrons. The minimum Gasteiger partial charge on any atom is -0.460 e. The molecule has 140 valence electrons. The highest BCUT2D eigenvalue weighted by Crippen LogP contribution is 2.31. The Morgan fingerprint density at radius 3 is 2.46 bits per heavy atom. The third-order valence-electron chi connectivity index (χ3n) is 4.88. The predicted octanol–water partition coefficient (Wildman–Crippen LogP) is 4.05. The van der Waals surface area contributed by atoms with Gasteiger partial charge in [0.2, 0.25) is 0 Å². The van der Waals surface area contributed by atoms with E-state index in [1.54, 1.807) is 12.1 Å². The predicted molar refractivity (Wildman–Crippen MR) is 98.3 cm³/mol. The molecule has 0 saturated carbocycles. The van der Waals surface area contributed by atoms with Crippen molar-refractivity contribution >= 4 is 5.97 Å². The lowest BCUT2D eigenvalue weighted by Gasteiger charge is -2.28. The van der Waals surface area contributed by atoms with E-state index < -0.39 is 12.1 Å². The number of carbonyl (C=O) groups is 1. The summed E-state index contributed by atoms with van der Waals surface area (Å²) in [6.45, 7) is 7.17. The van der Waals surface area contributed by atoms with Gasteiger partial charge in [0.1, 0.15) is 11.9 Å². The van der Waals surface area contributed by atoms with Crippen LogP contribution < -0.4 is 0 Å². The first-order valence-electron chi connectivity index (χ1n) is 9.10. The number of cyclic esters (lactones) is 1. The Labute approximate surface area is 153 Å². The van der Waals surface area contributed by atoms with Crippen LogP contribution in [-0.4, -0.2) is 27.9 Å². The summed E-state index contributed by atoms with van der Waals surface area (Å²) in [6, 6.07) is 10.7. The summed E-state index contributed by atoms with van der Waals surface area (Å²) < 4.78 is 20.8. The molecule has 1 aromatic carbocycles. The molecule has 0 spiro atoms. The summed E-state index contributed by atoms with van der Waals surface area (Å²) in [4.78, 5) is 11.6. The zero-order chi connectivity index (χ0) is 18.9. The molecule has 2 aromatic rings. The smallest absolute Gasteiger partial charge is 0.335 e. The SMILES string of the molecule is CC(C)(C)c1ccc(-c2ccc(F)cc2)n1CC[C@H]1CC[C@H](O)C(=O)O1. The maximum atomic E-state index is 13.3. The first-order chi connectivity index (χ1) is 12.3. The molecule has 3 rings (SSSR count). The molecule has 2 heterocycles. The van der Waals surface area contributed by atoms with Crippen molar-refractivity contribution in [1.82, 2.24) is 4.57 Å². The first kappa shape index (κ1) is 18.6. The van der Waals surface area contributed by atoms with Crippen molar-refractivity contribution in [1.29, 1.82) is 0 Å². The van der Waals surface area contributed by atoms with Gasteiger partial charge in [-0.1, -0.05) is 20.8 Å². The number of aromatic nitrogens is 1. The van der Waals surface area contributed by atoms with Gasteiger partial charge in [0.25, 0.3) is 0 Å². The minimum atomic E-state index is -0.988. The lowest BCUT2D eigenvalue weighted by Crippen LogP contribution is -2.35. The molecule has 1 aliphatic heterocycles. The van der Waals surface area contributed by atoms with E-state index in [9.17, 15) is 14.3 Å². The Hall–Kier alpha value is -2.14. The number of hydrogen-bond acceptors (Lipinski definition) is 3. The Morgan fingerprint density at radius 2 is 1.85 bits per heavy atom. The van der Waals surface area contributed by atoms with Gasteiger partial charge in [-0.25, -0.2) is 9.18 Å². The largest absolute Gasteiger partial charge is 0.460 e. The lowest BCUT2D eigenvalue weighted by molar-refractivity contribution is -0.167. The van der Waals surface area contributed by atoms with E-state index >= 15 is 0 Å². The first-order valence-corrected chi connectivity index (χ1v) is 9.10. The van der Waals surface area contributed by atoms with E-state index in [1.807, 2.05) is 0 Å². The molecule has 1 saturated heterocycles. The van der Waals surface area contributed by atoms with E-state index in [0.717, 1.165) is 11.3 Å². The van der Waals surface area contributed by atoms with E-state index in [0.29, 0.717) is 25.8 Å². The third-order valence-corrected chi connectivity index (χ3v) is 4.88. The van der Waals surface area contributed by atoms with Crippen molar-refractivity contribution < 1.29 is 19.0 Å². The molecule has 1 N–H and O–H groups in total. The average Bonchev–Trinajstić information content (AvgIpc) is 3.01. The monoisotopic (exact) mass is 359 g/mol. The minimum absolute atomic E-state index is 0.0439. The van der Waals surface area contributed by atoms with Gasteiger partial charge in [0.15, 0.2) is 6.10 Å². The van der Waals surface area contributed by atoms with Crippen LogP contribution in [0.25, 0.3) is 11.3 Å². The Kier molecular flexibility index (Phi) is 5.19. The van der Waals surface area contributed by atoms with E-state index in [-0.39, 0.29) is 17.3 Å². The fourth-order valence-corrected chi connectivity index (χ4v) is 3.48. The Balaban J connectivity index is 1.85. The molecule has 26 heavy (non-hydrogen) atoms. The summed E-state index contributed by atoms with van der Waals surface area (Å²) in [5.74, 6) is -0.779. The molecule has 0 amide bonds. The molecule has 1 aromatic heterocycles. The summed E-state index contributed by atoms with van der Waals surface area (Å²) in [5, 5.41) is 9.50. The van der Waals surface area contributed by atoms with Crippen molar-refractivity contribution in [3.63, 3.8) is 0 Å². The molecule has 1 fully saturated rings. The van der Waals surface area contributed by atoms with Crippen molar-refractivity contribution in [2.75, 3.05) is 0 Å². The van der Waals surface area contributed by atoms with Gasteiger partial charge >= 0.3 is 5.97 Å². The summed E-state index contributed by atoms with van der Waals surface area (Å²) in [7, 11) is 0. The highest BCUT2D eigenvalue weighted by molar-refractivity contribution is 5.75. The molecular weight excluding hydrogens is 333 g/mol. The van der Waals surface area contributed by atoms with E-state index in [1.165, 1.54) is 17.8 Å². The van der Waals surface area contributed by atoms with Gasteiger partial charge in [-0.15, -0.1) is 0 Å². The second kappa shape index (κ2) is 7.23. The highest BCUT2D eigenvalue weighted by Gasteiger charge is 2.29. The van der Waals surface area contributed by atoms with Crippen LogP contribution in [0.3, 0.4) is 0 Å². The van der Waals surface area contributed by atoms with Crippen LogP contribution in [0.5, 0.6) is 0 Å². The Bertz CT molecular complexity index is 774. The standard InChI is InChI=1S/C21H26FNO3/c1-21(2,3)19-11-9-17(14-4-6-15(22)7-5-14)23(19)13-12-16-8-10-18(24)20(25)26-16/h4-7,9,11,16,18,24H,8,10,12-13H2,1-3H3/t16-,18+/m1/s1. The van der Waals surface area contributed by atoms with Gasteiger partial charge in [0, 0.05) is 29.8 Å². The van der Waals surface area contributed by atoms with Crippen molar-refractivity contribution in [3.05, 3.63) is 47.9 Å². The van der Waals surface area contributed by atoms with Crippen LogP contribution in [-0.2, 0) is 21.5 Å². The number of carbonyl (C=O) groups excluding carboxylic acids is 1. The van der Waals surface area contributed by atoms with Crippen LogP contribution in [0.1, 0.15) is 45.7 Å². The second-order valence-corrected chi connectivity index (χ2v) is 7.95. The highest BCUT2D eigenvalue weighted by atomic mass is 19.1. The topological polar surface area (TPSA) is 51.5 Å². The number of hydrogen-bond donors (Lipinski definition) is 1. The van der Waals surface area contributed by atoms with Crippen molar-refractivity contribution in [2.24, 2.45) is 0 Å². The zero-order valence-corrected chi connectivity index (χ0v) is 15.5. The van der Waals surface area contributed by atoms with Crippen molar-refractivity contribution in [3.8, 4) is 11.3 Å². The van der Waals surface area contributed by atoms with Gasteiger partial charge in [-0.05, 0) is 54.8 Å². The van der Waals surface area contributed by atoms with Crippen LogP contribution in [0.4, 0.5) is 4.39 Å². The van der Waals surface area contributed by atoms with Crippen molar-refractivity contribution in [2.45, 2.75) is 64.2 Å². The zero-order valence-electron chi connectivity index (χ0n) is 15.5. The molecular formula is C21H26FNO3. The summed E-state index contributed by atoms with van der Waals surface area (Å²) in [5.41, 5.74) is 3.12. The quantitative estimate of drug-likeness (QED) is 0.838. The van der Waals surface area contributed by atoms with Gasteiger partial charge in [-0.2, -0.15) is 0 Å². The number of benzene rings is 1. The normalized spacial score (nSPS) is 20.9. The van der Waals surface area contributed by atoms with Crippen LogP contribution in [0.2, 0.25) is 0 Å². The van der Waals surface area contributed by atoms with Gasteiger partial charge in [-0.3, -0.25) is 0 Å². The lowest BCUT2D eigenvalue weighted by atomic mass is 9.92. The van der Waals surface area contributed by atoms with E-state index in [4.69, 9.17) is 4.74 Å². The second-order valence-electron chi connectivity index (χ2n) is 7.95. The van der Waals surface area contributed by atoms with Gasteiger partial charge in [0.05, 0.1) is 0 Å².